The minimum absolute atomic E-state index is 0.414. The summed E-state index contributed by atoms with van der Waals surface area (Å²) in [4.78, 5) is 0. The van der Waals surface area contributed by atoms with E-state index in [-0.39, 0.29) is 0 Å². The lowest BCUT2D eigenvalue weighted by atomic mass is 9.83. The fourth-order valence-corrected chi connectivity index (χ4v) is 3.35. The number of allylic oxidation sites excluding steroid dienone is 2. The van der Waals surface area contributed by atoms with E-state index in [1.165, 1.54) is 19.3 Å². The summed E-state index contributed by atoms with van der Waals surface area (Å²) in [5.41, 5.74) is 2.14. The summed E-state index contributed by atoms with van der Waals surface area (Å²) in [6.07, 6.45) is 6.95. The molecule has 0 nitrogen and oxygen atoms in total. The summed E-state index contributed by atoms with van der Waals surface area (Å²) in [6, 6.07) is 0. The summed E-state index contributed by atoms with van der Waals surface area (Å²) in [5, 5.41) is 0. The van der Waals surface area contributed by atoms with Crippen molar-refractivity contribution in [2.45, 2.75) is 53.9 Å². The van der Waals surface area contributed by atoms with Crippen molar-refractivity contribution < 1.29 is 0 Å². The molecule has 0 amide bonds. The number of hydrogen-bond donors (Lipinski definition) is 0. The van der Waals surface area contributed by atoms with Gasteiger partial charge in [0.15, 0.2) is 0 Å². The van der Waals surface area contributed by atoms with Crippen molar-refractivity contribution in [3.8, 4) is 0 Å². The Labute approximate surface area is 95.1 Å². The Balaban J connectivity index is 2.04. The van der Waals surface area contributed by atoms with E-state index in [1.807, 2.05) is 0 Å². The molecule has 1 fully saturated rings. The molecule has 0 radical (unpaired) electrons. The third-order valence-electron chi connectivity index (χ3n) is 4.59. The maximum Gasteiger partial charge on any atom is -0.0173 e. The normalized spacial score (nSPS) is 35.9. The minimum Gasteiger partial charge on any atom is -0.0814 e. The summed E-state index contributed by atoms with van der Waals surface area (Å²) in [5.74, 6) is 3.80. The monoisotopic (exact) mass is 206 g/mol. The lowest BCUT2D eigenvalue weighted by Crippen LogP contribution is -2.10. The van der Waals surface area contributed by atoms with E-state index >= 15 is 0 Å². The summed E-state index contributed by atoms with van der Waals surface area (Å²) in [7, 11) is 0. The predicted molar refractivity (Wildman–Crippen MR) is 66.7 cm³/mol. The molecule has 2 aliphatic carbocycles. The zero-order valence-electron chi connectivity index (χ0n) is 11.0. The van der Waals surface area contributed by atoms with E-state index in [1.54, 1.807) is 5.57 Å². The molecule has 15 heavy (non-hydrogen) atoms. The van der Waals surface area contributed by atoms with Gasteiger partial charge in [0.1, 0.15) is 0 Å². The van der Waals surface area contributed by atoms with Crippen LogP contribution < -0.4 is 0 Å². The Morgan fingerprint density at radius 3 is 2.33 bits per heavy atom. The van der Waals surface area contributed by atoms with E-state index in [4.69, 9.17) is 0 Å². The first-order valence-corrected chi connectivity index (χ1v) is 6.59. The number of rotatable bonds is 1. The molecule has 0 aromatic heterocycles. The van der Waals surface area contributed by atoms with Crippen molar-refractivity contribution in [3.05, 3.63) is 11.6 Å². The summed E-state index contributed by atoms with van der Waals surface area (Å²) >= 11 is 0. The second-order valence-electron chi connectivity index (χ2n) is 7.05. The van der Waals surface area contributed by atoms with Crippen molar-refractivity contribution in [3.63, 3.8) is 0 Å². The van der Waals surface area contributed by atoms with E-state index < -0.39 is 0 Å². The lowest BCUT2D eigenvalue weighted by molar-refractivity contribution is 0.369. The van der Waals surface area contributed by atoms with Crippen LogP contribution in [0, 0.1) is 29.1 Å². The van der Waals surface area contributed by atoms with Gasteiger partial charge in [-0.15, -0.1) is 0 Å². The molecule has 0 N–H and O–H groups in total. The topological polar surface area (TPSA) is 0 Å². The highest BCUT2D eigenvalue weighted by Crippen LogP contribution is 2.51. The van der Waals surface area contributed by atoms with Crippen molar-refractivity contribution in [2.24, 2.45) is 29.1 Å². The zero-order chi connectivity index (χ0) is 11.2. The Kier molecular flexibility index (Phi) is 2.73. The highest BCUT2D eigenvalue weighted by Gasteiger charge is 2.40. The zero-order valence-corrected chi connectivity index (χ0v) is 11.0. The molecule has 86 valence electrons. The van der Waals surface area contributed by atoms with Crippen molar-refractivity contribution in [2.75, 3.05) is 0 Å². The van der Waals surface area contributed by atoms with Gasteiger partial charge in [-0.05, 0) is 48.3 Å². The quantitative estimate of drug-likeness (QED) is 0.547. The maximum atomic E-state index is 2.62. The van der Waals surface area contributed by atoms with Gasteiger partial charge < -0.3 is 0 Å². The molecular formula is C15H26. The highest BCUT2D eigenvalue weighted by molar-refractivity contribution is 5.21. The Morgan fingerprint density at radius 1 is 1.20 bits per heavy atom. The Bertz CT molecular complexity index is 264. The first-order valence-electron chi connectivity index (χ1n) is 6.59. The first kappa shape index (κ1) is 11.2. The summed E-state index contributed by atoms with van der Waals surface area (Å²) in [6.45, 7) is 11.9. The molecule has 0 aliphatic heterocycles. The van der Waals surface area contributed by atoms with E-state index in [0.717, 1.165) is 23.7 Å². The number of hydrogen-bond acceptors (Lipinski definition) is 0. The SMILES string of the molecule is CC(C)[C@H]1C[C@H]2CC(C(C)(C)C)=C[C@H]2C1. The molecule has 1 saturated carbocycles. The lowest BCUT2D eigenvalue weighted by Gasteiger charge is -2.22. The molecule has 0 aromatic carbocycles. The van der Waals surface area contributed by atoms with Gasteiger partial charge in [0.2, 0.25) is 0 Å². The average molecular weight is 206 g/mol. The second kappa shape index (κ2) is 3.64. The van der Waals surface area contributed by atoms with Crippen LogP contribution in [0.2, 0.25) is 0 Å². The Morgan fingerprint density at radius 2 is 1.87 bits per heavy atom. The van der Waals surface area contributed by atoms with Gasteiger partial charge >= 0.3 is 0 Å². The van der Waals surface area contributed by atoms with Gasteiger partial charge in [0.05, 0.1) is 0 Å². The van der Waals surface area contributed by atoms with Crippen LogP contribution in [-0.2, 0) is 0 Å². The molecule has 0 spiro atoms. The smallest absolute Gasteiger partial charge is 0.0173 e. The van der Waals surface area contributed by atoms with E-state index in [0.29, 0.717) is 5.41 Å². The van der Waals surface area contributed by atoms with Gasteiger partial charge in [0, 0.05) is 0 Å². The third-order valence-corrected chi connectivity index (χ3v) is 4.59. The van der Waals surface area contributed by atoms with Crippen LogP contribution in [0.15, 0.2) is 11.6 Å². The molecule has 0 bridgehead atoms. The Hall–Kier alpha value is -0.260. The van der Waals surface area contributed by atoms with Crippen LogP contribution in [-0.4, -0.2) is 0 Å². The van der Waals surface area contributed by atoms with Gasteiger partial charge in [-0.1, -0.05) is 46.3 Å². The molecule has 2 aliphatic rings. The van der Waals surface area contributed by atoms with Crippen LogP contribution in [0.4, 0.5) is 0 Å². The minimum atomic E-state index is 0.414. The predicted octanol–water partition coefficient (Wildman–Crippen LogP) is 4.66. The molecule has 2 rings (SSSR count). The number of fused-ring (bicyclic) bond motifs is 1. The van der Waals surface area contributed by atoms with Crippen molar-refractivity contribution in [1.82, 2.24) is 0 Å². The standard InChI is InChI=1S/C15H26/c1-10(2)11-6-12-8-14(15(3,4)5)9-13(12)7-11/h8,10-13H,6-7,9H2,1-5H3/t11-,12-,13+/m1/s1. The van der Waals surface area contributed by atoms with Crippen LogP contribution in [0.1, 0.15) is 53.9 Å². The van der Waals surface area contributed by atoms with Crippen LogP contribution in [0.25, 0.3) is 0 Å². The van der Waals surface area contributed by atoms with E-state index in [9.17, 15) is 0 Å². The van der Waals surface area contributed by atoms with Crippen molar-refractivity contribution >= 4 is 0 Å². The van der Waals surface area contributed by atoms with Gasteiger partial charge in [-0.2, -0.15) is 0 Å². The van der Waals surface area contributed by atoms with E-state index in [2.05, 4.69) is 40.7 Å². The first-order chi connectivity index (χ1) is 6.88. The molecule has 0 saturated heterocycles. The fourth-order valence-electron chi connectivity index (χ4n) is 3.35. The fraction of sp³-hybridized carbons (Fsp3) is 0.867. The second-order valence-corrected chi connectivity index (χ2v) is 7.05. The van der Waals surface area contributed by atoms with Gasteiger partial charge in [0.25, 0.3) is 0 Å². The average Bonchev–Trinajstić information content (AvgIpc) is 2.55. The summed E-state index contributed by atoms with van der Waals surface area (Å²) < 4.78 is 0. The largest absolute Gasteiger partial charge is 0.0814 e. The van der Waals surface area contributed by atoms with Gasteiger partial charge in [-0.3, -0.25) is 0 Å². The molecule has 0 heterocycles. The van der Waals surface area contributed by atoms with Gasteiger partial charge in [-0.25, -0.2) is 0 Å². The molecular weight excluding hydrogens is 180 g/mol. The van der Waals surface area contributed by atoms with Crippen molar-refractivity contribution in [1.29, 1.82) is 0 Å². The molecule has 0 heteroatoms. The maximum absolute atomic E-state index is 2.62. The van der Waals surface area contributed by atoms with Crippen LogP contribution in [0.3, 0.4) is 0 Å². The van der Waals surface area contributed by atoms with Crippen LogP contribution in [0.5, 0.6) is 0 Å². The highest BCUT2D eigenvalue weighted by atomic mass is 14.4. The van der Waals surface area contributed by atoms with Crippen LogP contribution >= 0.6 is 0 Å². The molecule has 3 atom stereocenters. The molecule has 0 unspecified atom stereocenters. The third kappa shape index (κ3) is 2.14. The molecule has 0 aromatic rings.